The molecular weight excluding hydrogens is 236 g/mol. The fourth-order valence-corrected chi connectivity index (χ4v) is 2.23. The smallest absolute Gasteiger partial charge is 0.177 e. The van der Waals surface area contributed by atoms with Crippen LogP contribution < -0.4 is 0 Å². The van der Waals surface area contributed by atoms with E-state index < -0.39 is 5.92 Å². The lowest BCUT2D eigenvalue weighted by molar-refractivity contribution is -0.108. The summed E-state index contributed by atoms with van der Waals surface area (Å²) >= 11 is 0. The van der Waals surface area contributed by atoms with Gasteiger partial charge < -0.3 is 4.79 Å². The Morgan fingerprint density at radius 1 is 0.947 bits per heavy atom. The lowest BCUT2D eigenvalue weighted by Gasteiger charge is -2.13. The first-order valence-electron chi connectivity index (χ1n) is 6.26. The van der Waals surface area contributed by atoms with Crippen molar-refractivity contribution in [1.29, 1.82) is 0 Å². The van der Waals surface area contributed by atoms with E-state index in [-0.39, 0.29) is 5.78 Å². The average molecular weight is 252 g/mol. The second-order valence-corrected chi connectivity index (χ2v) is 4.65. The highest BCUT2D eigenvalue weighted by atomic mass is 16.1. The number of rotatable bonds is 4. The summed E-state index contributed by atoms with van der Waals surface area (Å²) in [6.45, 7) is 3.80. The number of ketones is 1. The van der Waals surface area contributed by atoms with Gasteiger partial charge in [0.15, 0.2) is 5.78 Å². The molecule has 0 saturated heterocycles. The molecule has 2 nitrogen and oxygen atoms in total. The van der Waals surface area contributed by atoms with Crippen LogP contribution in [-0.2, 0) is 4.79 Å². The minimum Gasteiger partial charge on any atom is -0.302 e. The third-order valence-electron chi connectivity index (χ3n) is 3.35. The molecule has 1 unspecified atom stereocenters. The normalized spacial score (nSPS) is 11.9. The molecule has 1 atom stereocenters. The summed E-state index contributed by atoms with van der Waals surface area (Å²) < 4.78 is 0. The molecule has 96 valence electrons. The fourth-order valence-electron chi connectivity index (χ4n) is 2.23. The monoisotopic (exact) mass is 252 g/mol. The van der Waals surface area contributed by atoms with Gasteiger partial charge in [-0.05, 0) is 30.5 Å². The summed E-state index contributed by atoms with van der Waals surface area (Å²) in [5.41, 5.74) is 3.25. The Morgan fingerprint density at radius 2 is 1.53 bits per heavy atom. The molecule has 0 heterocycles. The van der Waals surface area contributed by atoms with E-state index in [0.29, 0.717) is 5.56 Å². The number of carbonyl (C=O) groups is 2. The first kappa shape index (κ1) is 13.2. The molecule has 0 aliphatic carbocycles. The van der Waals surface area contributed by atoms with Gasteiger partial charge in [-0.2, -0.15) is 0 Å². The first-order chi connectivity index (χ1) is 9.15. The van der Waals surface area contributed by atoms with E-state index in [9.17, 15) is 9.59 Å². The number of hydrogen-bond donors (Lipinski definition) is 0. The number of benzene rings is 2. The van der Waals surface area contributed by atoms with Crippen LogP contribution in [0, 0.1) is 13.8 Å². The van der Waals surface area contributed by atoms with E-state index in [1.165, 1.54) is 0 Å². The van der Waals surface area contributed by atoms with Gasteiger partial charge in [0.05, 0.1) is 0 Å². The van der Waals surface area contributed by atoms with Crippen LogP contribution in [-0.4, -0.2) is 12.1 Å². The van der Waals surface area contributed by atoms with Gasteiger partial charge in [0.1, 0.15) is 12.2 Å². The van der Waals surface area contributed by atoms with Crippen molar-refractivity contribution in [2.75, 3.05) is 0 Å². The van der Waals surface area contributed by atoms with Crippen molar-refractivity contribution < 1.29 is 9.59 Å². The van der Waals surface area contributed by atoms with Crippen molar-refractivity contribution in [3.05, 3.63) is 70.8 Å². The Bertz CT molecular complexity index is 614. The second kappa shape index (κ2) is 5.61. The highest BCUT2D eigenvalue weighted by Crippen LogP contribution is 2.23. The Kier molecular flexibility index (Phi) is 3.91. The van der Waals surface area contributed by atoms with Crippen molar-refractivity contribution in [3.63, 3.8) is 0 Å². The number of carbonyl (C=O) groups excluding carboxylic acids is 2. The van der Waals surface area contributed by atoms with Crippen LogP contribution in [0.3, 0.4) is 0 Å². The molecule has 2 aromatic rings. The predicted octanol–water partition coefficient (Wildman–Crippen LogP) is 3.47. The molecule has 0 fully saturated rings. The van der Waals surface area contributed by atoms with Crippen LogP contribution in [0.1, 0.15) is 33.0 Å². The molecule has 0 N–H and O–H groups in total. The van der Waals surface area contributed by atoms with Gasteiger partial charge >= 0.3 is 0 Å². The maximum Gasteiger partial charge on any atom is 0.177 e. The molecule has 0 aliphatic rings. The standard InChI is InChI=1S/C17H16O2/c1-12-7-3-5-9-14(12)16(11-18)17(19)15-10-6-4-8-13(15)2/h3-11,16H,1-2H3. The van der Waals surface area contributed by atoms with E-state index in [4.69, 9.17) is 0 Å². The van der Waals surface area contributed by atoms with Crippen LogP contribution in [0.4, 0.5) is 0 Å². The Labute approximate surface area is 113 Å². The number of hydrogen-bond acceptors (Lipinski definition) is 2. The summed E-state index contributed by atoms with van der Waals surface area (Å²) in [7, 11) is 0. The molecular formula is C17H16O2. The number of aryl methyl sites for hydroxylation is 2. The molecule has 0 aliphatic heterocycles. The van der Waals surface area contributed by atoms with Crippen LogP contribution >= 0.6 is 0 Å². The summed E-state index contributed by atoms with van der Waals surface area (Å²) in [4.78, 5) is 23.9. The molecule has 0 aromatic heterocycles. The van der Waals surface area contributed by atoms with Crippen molar-refractivity contribution >= 4 is 12.1 Å². The Morgan fingerprint density at radius 3 is 2.11 bits per heavy atom. The maximum atomic E-state index is 12.5. The molecule has 0 bridgehead atoms. The summed E-state index contributed by atoms with van der Waals surface area (Å²) in [6, 6.07) is 14.9. The molecule has 0 radical (unpaired) electrons. The third-order valence-corrected chi connectivity index (χ3v) is 3.35. The average Bonchev–Trinajstić information content (AvgIpc) is 2.42. The highest BCUT2D eigenvalue weighted by Gasteiger charge is 2.23. The van der Waals surface area contributed by atoms with Crippen LogP contribution in [0.25, 0.3) is 0 Å². The number of aldehydes is 1. The molecule has 0 spiro atoms. The lowest BCUT2D eigenvalue weighted by atomic mass is 9.88. The van der Waals surface area contributed by atoms with E-state index >= 15 is 0 Å². The largest absolute Gasteiger partial charge is 0.302 e. The minimum atomic E-state index is -0.720. The Balaban J connectivity index is 2.44. The van der Waals surface area contributed by atoms with Crippen LogP contribution in [0.5, 0.6) is 0 Å². The van der Waals surface area contributed by atoms with E-state index in [0.717, 1.165) is 23.0 Å². The van der Waals surface area contributed by atoms with Gasteiger partial charge in [0.25, 0.3) is 0 Å². The molecule has 2 rings (SSSR count). The van der Waals surface area contributed by atoms with E-state index in [1.54, 1.807) is 6.07 Å². The van der Waals surface area contributed by atoms with Gasteiger partial charge in [-0.25, -0.2) is 0 Å². The van der Waals surface area contributed by atoms with Gasteiger partial charge in [0.2, 0.25) is 0 Å². The van der Waals surface area contributed by atoms with Crippen LogP contribution in [0.2, 0.25) is 0 Å². The molecule has 2 aromatic carbocycles. The summed E-state index contributed by atoms with van der Waals surface area (Å²) in [5.74, 6) is -0.857. The summed E-state index contributed by atoms with van der Waals surface area (Å²) in [6.07, 6.45) is 0.733. The van der Waals surface area contributed by atoms with E-state index in [1.807, 2.05) is 56.3 Å². The van der Waals surface area contributed by atoms with Gasteiger partial charge in [-0.3, -0.25) is 4.79 Å². The van der Waals surface area contributed by atoms with Gasteiger partial charge in [0, 0.05) is 5.56 Å². The highest BCUT2D eigenvalue weighted by molar-refractivity contribution is 6.10. The fraction of sp³-hybridized carbons (Fsp3) is 0.176. The van der Waals surface area contributed by atoms with E-state index in [2.05, 4.69) is 0 Å². The van der Waals surface area contributed by atoms with Crippen molar-refractivity contribution in [1.82, 2.24) is 0 Å². The van der Waals surface area contributed by atoms with Crippen LogP contribution in [0.15, 0.2) is 48.5 Å². The zero-order valence-corrected chi connectivity index (χ0v) is 11.1. The Hall–Kier alpha value is -2.22. The summed E-state index contributed by atoms with van der Waals surface area (Å²) in [5, 5.41) is 0. The zero-order valence-electron chi connectivity index (χ0n) is 11.1. The molecule has 0 amide bonds. The van der Waals surface area contributed by atoms with Gasteiger partial charge in [-0.1, -0.05) is 48.5 Å². The van der Waals surface area contributed by atoms with Gasteiger partial charge in [-0.15, -0.1) is 0 Å². The zero-order chi connectivity index (χ0) is 13.8. The third kappa shape index (κ3) is 2.63. The maximum absolute atomic E-state index is 12.5. The minimum absolute atomic E-state index is 0.137. The quantitative estimate of drug-likeness (QED) is 0.474. The number of Topliss-reactive ketones (excluding diaryl/α,β-unsaturated/α-hetero) is 1. The molecule has 2 heteroatoms. The topological polar surface area (TPSA) is 34.1 Å². The second-order valence-electron chi connectivity index (χ2n) is 4.65. The predicted molar refractivity (Wildman–Crippen MR) is 75.5 cm³/mol. The molecule has 19 heavy (non-hydrogen) atoms. The van der Waals surface area contributed by atoms with Crippen molar-refractivity contribution in [2.45, 2.75) is 19.8 Å². The lowest BCUT2D eigenvalue weighted by Crippen LogP contribution is -2.16. The first-order valence-corrected chi connectivity index (χ1v) is 6.26. The molecule has 0 saturated carbocycles. The van der Waals surface area contributed by atoms with Crippen molar-refractivity contribution in [2.24, 2.45) is 0 Å². The SMILES string of the molecule is Cc1ccccc1C(=O)C(C=O)c1ccccc1C. The van der Waals surface area contributed by atoms with Crippen molar-refractivity contribution in [3.8, 4) is 0 Å².